The number of piperazine rings is 1. The van der Waals surface area contributed by atoms with Crippen molar-refractivity contribution in [1.29, 1.82) is 0 Å². The number of pyridine rings is 1. The Kier molecular flexibility index (Phi) is 4.54. The number of hydrogen-bond acceptors (Lipinski definition) is 6. The van der Waals surface area contributed by atoms with E-state index in [0.717, 1.165) is 42.3 Å². The Morgan fingerprint density at radius 1 is 1.00 bits per heavy atom. The van der Waals surface area contributed by atoms with Crippen molar-refractivity contribution in [2.24, 2.45) is 0 Å². The van der Waals surface area contributed by atoms with Gasteiger partial charge in [-0.15, -0.1) is 10.2 Å². The summed E-state index contributed by atoms with van der Waals surface area (Å²) in [5.41, 5.74) is 0. The smallest absolute Gasteiger partial charge is 0.175 e. The molecule has 9 heteroatoms. The van der Waals surface area contributed by atoms with Crippen LogP contribution in [0.2, 0.25) is 5.02 Å². The van der Waals surface area contributed by atoms with Crippen molar-refractivity contribution in [2.75, 3.05) is 36.0 Å². The summed E-state index contributed by atoms with van der Waals surface area (Å²) in [4.78, 5) is 8.89. The van der Waals surface area contributed by atoms with Crippen LogP contribution in [0.1, 0.15) is 0 Å². The lowest BCUT2D eigenvalue weighted by Crippen LogP contribution is -2.47. The van der Waals surface area contributed by atoms with Crippen LogP contribution in [0.4, 0.5) is 11.6 Å². The first-order chi connectivity index (χ1) is 12.2. The molecule has 0 spiro atoms. The Morgan fingerprint density at radius 3 is 2.36 bits per heavy atom. The summed E-state index contributed by atoms with van der Waals surface area (Å²) in [5, 5.41) is 13.4. The highest BCUT2D eigenvalue weighted by molar-refractivity contribution is 9.10. The molecule has 1 aliphatic rings. The van der Waals surface area contributed by atoms with Crippen LogP contribution in [0.15, 0.2) is 47.3 Å². The summed E-state index contributed by atoms with van der Waals surface area (Å²) in [6.07, 6.45) is 5.24. The minimum absolute atomic E-state index is 0.627. The quantitative estimate of drug-likeness (QED) is 0.649. The van der Waals surface area contributed by atoms with Crippen LogP contribution in [0.5, 0.6) is 0 Å². The molecule has 0 aliphatic carbocycles. The molecule has 0 unspecified atom stereocenters. The van der Waals surface area contributed by atoms with Crippen LogP contribution in [0.3, 0.4) is 0 Å². The molecule has 25 heavy (non-hydrogen) atoms. The fourth-order valence-corrected chi connectivity index (χ4v) is 3.69. The Balaban J connectivity index is 1.43. The van der Waals surface area contributed by atoms with Gasteiger partial charge in [-0.3, -0.25) is 0 Å². The van der Waals surface area contributed by atoms with Gasteiger partial charge >= 0.3 is 0 Å². The van der Waals surface area contributed by atoms with E-state index in [0.29, 0.717) is 10.8 Å². The molecule has 4 heterocycles. The van der Waals surface area contributed by atoms with Crippen molar-refractivity contribution < 1.29 is 0 Å². The van der Waals surface area contributed by atoms with Gasteiger partial charge in [0.15, 0.2) is 11.6 Å². The normalized spacial score (nSPS) is 14.8. The third-order valence-corrected chi connectivity index (χ3v) is 4.86. The summed E-state index contributed by atoms with van der Waals surface area (Å²) < 4.78 is 2.61. The van der Waals surface area contributed by atoms with Gasteiger partial charge in [-0.1, -0.05) is 11.6 Å². The average Bonchev–Trinajstić information content (AvgIpc) is 3.17. The molecule has 0 saturated carbocycles. The van der Waals surface area contributed by atoms with E-state index >= 15 is 0 Å². The van der Waals surface area contributed by atoms with E-state index in [9.17, 15) is 0 Å². The van der Waals surface area contributed by atoms with Gasteiger partial charge in [0.1, 0.15) is 5.82 Å². The number of rotatable bonds is 3. The highest BCUT2D eigenvalue weighted by Crippen LogP contribution is 2.27. The minimum atomic E-state index is 0.627. The van der Waals surface area contributed by atoms with Crippen molar-refractivity contribution in [2.45, 2.75) is 0 Å². The predicted octanol–water partition coefficient (Wildman–Crippen LogP) is 2.80. The van der Waals surface area contributed by atoms with Crippen LogP contribution in [-0.2, 0) is 0 Å². The molecular formula is C16H15BrClN7. The SMILES string of the molecule is Clc1cnc(N2CCN(c3ccc(-n4cccn4)nn3)CC2)c(Br)c1. The van der Waals surface area contributed by atoms with Crippen molar-refractivity contribution in [3.8, 4) is 5.82 Å². The lowest BCUT2D eigenvalue weighted by molar-refractivity contribution is 0.636. The van der Waals surface area contributed by atoms with Crippen LogP contribution >= 0.6 is 27.5 Å². The molecule has 3 aromatic heterocycles. The number of nitrogens with zero attached hydrogens (tertiary/aromatic N) is 7. The molecule has 0 radical (unpaired) electrons. The molecule has 0 atom stereocenters. The lowest BCUT2D eigenvalue weighted by atomic mass is 10.3. The van der Waals surface area contributed by atoms with Gasteiger partial charge in [-0.05, 0) is 40.2 Å². The van der Waals surface area contributed by atoms with Crippen molar-refractivity contribution >= 4 is 39.2 Å². The van der Waals surface area contributed by atoms with Gasteiger partial charge in [0, 0.05) is 44.8 Å². The van der Waals surface area contributed by atoms with Crippen LogP contribution in [0.25, 0.3) is 5.82 Å². The third kappa shape index (κ3) is 3.45. The largest absolute Gasteiger partial charge is 0.352 e. The van der Waals surface area contributed by atoms with Gasteiger partial charge < -0.3 is 9.80 Å². The highest BCUT2D eigenvalue weighted by Gasteiger charge is 2.21. The van der Waals surface area contributed by atoms with Crippen LogP contribution in [-0.4, -0.2) is 51.1 Å². The van der Waals surface area contributed by atoms with E-state index < -0.39 is 0 Å². The van der Waals surface area contributed by atoms with E-state index in [4.69, 9.17) is 11.6 Å². The topological polar surface area (TPSA) is 63.0 Å². The zero-order chi connectivity index (χ0) is 17.2. The van der Waals surface area contributed by atoms with E-state index in [2.05, 4.69) is 46.0 Å². The molecule has 1 aliphatic heterocycles. The monoisotopic (exact) mass is 419 g/mol. The number of aromatic nitrogens is 5. The Bertz CT molecular complexity index is 845. The predicted molar refractivity (Wildman–Crippen MR) is 101 cm³/mol. The molecule has 0 bridgehead atoms. The first kappa shape index (κ1) is 16.3. The summed E-state index contributed by atoms with van der Waals surface area (Å²) in [6.45, 7) is 3.42. The average molecular weight is 421 g/mol. The Labute approximate surface area is 158 Å². The van der Waals surface area contributed by atoms with Gasteiger partial charge in [0.25, 0.3) is 0 Å². The van der Waals surface area contributed by atoms with Gasteiger partial charge in [-0.25, -0.2) is 9.67 Å². The van der Waals surface area contributed by atoms with Gasteiger partial charge in [0.2, 0.25) is 0 Å². The van der Waals surface area contributed by atoms with E-state index in [1.165, 1.54) is 0 Å². The molecule has 0 aromatic carbocycles. The molecule has 128 valence electrons. The molecule has 1 saturated heterocycles. The fourth-order valence-electron chi connectivity index (χ4n) is 2.80. The summed E-state index contributed by atoms with van der Waals surface area (Å²) in [7, 11) is 0. The maximum Gasteiger partial charge on any atom is 0.175 e. The molecule has 0 N–H and O–H groups in total. The summed E-state index contributed by atoms with van der Waals surface area (Å²) >= 11 is 9.50. The van der Waals surface area contributed by atoms with Crippen molar-refractivity contribution in [3.05, 3.63) is 52.4 Å². The zero-order valence-corrected chi connectivity index (χ0v) is 15.6. The van der Waals surface area contributed by atoms with E-state index in [1.54, 1.807) is 17.1 Å². The second kappa shape index (κ2) is 6.97. The summed E-state index contributed by atoms with van der Waals surface area (Å²) in [6, 6.07) is 7.64. The third-order valence-electron chi connectivity index (χ3n) is 4.07. The lowest BCUT2D eigenvalue weighted by Gasteiger charge is -2.36. The first-order valence-electron chi connectivity index (χ1n) is 7.85. The minimum Gasteiger partial charge on any atom is -0.352 e. The number of hydrogen-bond donors (Lipinski definition) is 0. The van der Waals surface area contributed by atoms with Crippen LogP contribution < -0.4 is 9.80 Å². The van der Waals surface area contributed by atoms with Crippen molar-refractivity contribution in [3.63, 3.8) is 0 Å². The molecular weight excluding hydrogens is 406 g/mol. The Hall–Kier alpha value is -2.19. The molecule has 0 amide bonds. The molecule has 7 nitrogen and oxygen atoms in total. The number of anilines is 2. The van der Waals surface area contributed by atoms with Crippen molar-refractivity contribution in [1.82, 2.24) is 25.0 Å². The molecule has 4 rings (SSSR count). The van der Waals surface area contributed by atoms with Crippen LogP contribution in [0, 0.1) is 0 Å². The zero-order valence-electron chi connectivity index (χ0n) is 13.3. The van der Waals surface area contributed by atoms with Gasteiger partial charge in [0.05, 0.1) is 9.50 Å². The highest BCUT2D eigenvalue weighted by atomic mass is 79.9. The van der Waals surface area contributed by atoms with E-state index in [-0.39, 0.29) is 0 Å². The van der Waals surface area contributed by atoms with Gasteiger partial charge in [-0.2, -0.15) is 5.10 Å². The molecule has 1 fully saturated rings. The summed E-state index contributed by atoms with van der Waals surface area (Å²) in [5.74, 6) is 2.50. The second-order valence-electron chi connectivity index (χ2n) is 5.63. The fraction of sp³-hybridized carbons (Fsp3) is 0.250. The Morgan fingerprint density at radius 2 is 1.72 bits per heavy atom. The number of halogens is 2. The maximum absolute atomic E-state index is 5.97. The van der Waals surface area contributed by atoms with E-state index in [1.807, 2.05) is 30.5 Å². The molecule has 3 aromatic rings. The standard InChI is InChI=1S/C16H15BrClN7/c17-13-10-12(18)11-19-16(13)24-8-6-23(7-9-24)14-2-3-15(22-21-14)25-5-1-4-20-25/h1-5,10-11H,6-9H2. The second-order valence-corrected chi connectivity index (χ2v) is 6.92. The maximum atomic E-state index is 5.97. The first-order valence-corrected chi connectivity index (χ1v) is 9.02.